The largest absolute Gasteiger partial charge is 0.368 e. The summed E-state index contributed by atoms with van der Waals surface area (Å²) in [6.07, 6.45) is 1.76. The standard InChI is InChI=1S/C27H32N4O2/c1-20(26(32)31-17-15-29(16-18-31)23-8-3-2-4-9-23)21-11-13-30(14-12-21)27(33)25-19-22-7-5-6-10-24(22)28-25/h2-10,19-21,28H,11-18H2,1H3/t20-/m1/s1. The molecule has 0 saturated carbocycles. The van der Waals surface area contributed by atoms with Crippen molar-refractivity contribution in [1.82, 2.24) is 14.8 Å². The van der Waals surface area contributed by atoms with Gasteiger partial charge in [0.25, 0.3) is 5.91 Å². The molecule has 0 unspecified atom stereocenters. The van der Waals surface area contributed by atoms with Gasteiger partial charge in [-0.05, 0) is 43.0 Å². The lowest BCUT2D eigenvalue weighted by Gasteiger charge is -2.39. The number of nitrogens with one attached hydrogen (secondary N) is 1. The molecule has 0 bridgehead atoms. The number of piperidine rings is 1. The van der Waals surface area contributed by atoms with Crippen LogP contribution in [0.1, 0.15) is 30.3 Å². The maximum absolute atomic E-state index is 13.2. The Labute approximate surface area is 195 Å². The van der Waals surface area contributed by atoms with Gasteiger partial charge in [-0.25, -0.2) is 0 Å². The molecule has 2 aliphatic heterocycles. The molecule has 0 radical (unpaired) electrons. The fourth-order valence-electron chi connectivity index (χ4n) is 5.27. The first kappa shape index (κ1) is 21.6. The Morgan fingerprint density at radius 2 is 1.52 bits per heavy atom. The highest BCUT2D eigenvalue weighted by Gasteiger charge is 2.33. The van der Waals surface area contributed by atoms with Crippen LogP contribution in [0.25, 0.3) is 10.9 Å². The molecule has 3 heterocycles. The van der Waals surface area contributed by atoms with Crippen LogP contribution < -0.4 is 4.90 Å². The number of piperazine rings is 1. The third-order valence-corrected chi connectivity index (χ3v) is 7.40. The normalized spacial score (nSPS) is 18.5. The van der Waals surface area contributed by atoms with Crippen molar-refractivity contribution in [2.75, 3.05) is 44.2 Å². The minimum atomic E-state index is -0.00129. The molecule has 2 saturated heterocycles. The maximum Gasteiger partial charge on any atom is 0.270 e. The van der Waals surface area contributed by atoms with Gasteiger partial charge in [-0.3, -0.25) is 9.59 Å². The van der Waals surface area contributed by atoms with Gasteiger partial charge in [-0.1, -0.05) is 43.3 Å². The van der Waals surface area contributed by atoms with Gasteiger partial charge in [0.05, 0.1) is 0 Å². The SMILES string of the molecule is C[C@@H](C(=O)N1CCN(c2ccccc2)CC1)C1CCN(C(=O)c2cc3ccccc3[nH]2)CC1. The first-order chi connectivity index (χ1) is 16.1. The van der Waals surface area contributed by atoms with E-state index in [1.807, 2.05) is 46.2 Å². The Morgan fingerprint density at radius 3 is 2.21 bits per heavy atom. The first-order valence-corrected chi connectivity index (χ1v) is 12.1. The van der Waals surface area contributed by atoms with Crippen LogP contribution in [0.4, 0.5) is 5.69 Å². The van der Waals surface area contributed by atoms with E-state index in [0.717, 1.165) is 49.9 Å². The van der Waals surface area contributed by atoms with Crippen molar-refractivity contribution in [3.05, 3.63) is 66.4 Å². The van der Waals surface area contributed by atoms with Gasteiger partial charge < -0.3 is 19.7 Å². The number of hydrogen-bond donors (Lipinski definition) is 1. The Balaban J connectivity index is 1.13. The van der Waals surface area contributed by atoms with E-state index < -0.39 is 0 Å². The summed E-state index contributed by atoms with van der Waals surface area (Å²) in [5.41, 5.74) is 2.86. The quantitative estimate of drug-likeness (QED) is 0.662. The average molecular weight is 445 g/mol. The van der Waals surface area contributed by atoms with Crippen molar-refractivity contribution >= 4 is 28.4 Å². The van der Waals surface area contributed by atoms with Crippen LogP contribution in [0.2, 0.25) is 0 Å². The van der Waals surface area contributed by atoms with E-state index in [-0.39, 0.29) is 17.7 Å². The number of rotatable bonds is 4. The topological polar surface area (TPSA) is 59.7 Å². The molecule has 6 heteroatoms. The van der Waals surface area contributed by atoms with Crippen LogP contribution in [0, 0.1) is 11.8 Å². The number of benzene rings is 2. The third-order valence-electron chi connectivity index (χ3n) is 7.40. The lowest BCUT2D eigenvalue weighted by molar-refractivity contribution is -0.137. The van der Waals surface area contributed by atoms with Crippen LogP contribution in [0.5, 0.6) is 0 Å². The number of likely N-dealkylation sites (tertiary alicyclic amines) is 1. The maximum atomic E-state index is 13.2. The van der Waals surface area contributed by atoms with E-state index in [9.17, 15) is 9.59 Å². The zero-order valence-corrected chi connectivity index (χ0v) is 19.2. The number of para-hydroxylation sites is 2. The molecule has 1 N–H and O–H groups in total. The molecule has 2 amide bonds. The predicted molar refractivity (Wildman–Crippen MR) is 131 cm³/mol. The summed E-state index contributed by atoms with van der Waals surface area (Å²) in [5, 5.41) is 1.06. The van der Waals surface area contributed by atoms with E-state index in [2.05, 4.69) is 41.1 Å². The average Bonchev–Trinajstić information content (AvgIpc) is 3.32. The number of nitrogens with zero attached hydrogens (tertiary/aromatic N) is 3. The summed E-state index contributed by atoms with van der Waals surface area (Å²) < 4.78 is 0. The van der Waals surface area contributed by atoms with Crippen molar-refractivity contribution in [3.63, 3.8) is 0 Å². The van der Waals surface area contributed by atoms with E-state index in [1.54, 1.807) is 0 Å². The van der Waals surface area contributed by atoms with E-state index in [1.165, 1.54) is 5.69 Å². The number of amides is 2. The highest BCUT2D eigenvalue weighted by atomic mass is 16.2. The van der Waals surface area contributed by atoms with Crippen molar-refractivity contribution in [1.29, 1.82) is 0 Å². The predicted octanol–water partition coefficient (Wildman–Crippen LogP) is 4.01. The number of H-pyrrole nitrogens is 1. The molecular formula is C27H32N4O2. The molecule has 2 aliphatic rings. The fourth-order valence-corrected chi connectivity index (χ4v) is 5.27. The summed E-state index contributed by atoms with van der Waals surface area (Å²) in [5.74, 6) is 0.652. The number of carbonyl (C=O) groups excluding carboxylic acids is 2. The highest BCUT2D eigenvalue weighted by molar-refractivity contribution is 5.98. The zero-order chi connectivity index (χ0) is 22.8. The molecule has 0 spiro atoms. The van der Waals surface area contributed by atoms with Crippen LogP contribution in [0.15, 0.2) is 60.7 Å². The molecule has 2 aromatic carbocycles. The molecule has 5 rings (SSSR count). The van der Waals surface area contributed by atoms with Gasteiger partial charge >= 0.3 is 0 Å². The molecule has 1 aromatic heterocycles. The lowest BCUT2D eigenvalue weighted by Crippen LogP contribution is -2.51. The number of hydrogen-bond acceptors (Lipinski definition) is 3. The van der Waals surface area contributed by atoms with E-state index >= 15 is 0 Å². The summed E-state index contributed by atoms with van der Waals surface area (Å²) >= 11 is 0. The molecule has 0 aliphatic carbocycles. The Morgan fingerprint density at radius 1 is 0.848 bits per heavy atom. The summed E-state index contributed by atoms with van der Waals surface area (Å²) in [4.78, 5) is 35.7. The molecule has 172 valence electrons. The van der Waals surface area contributed by atoms with Gasteiger partial charge in [-0.15, -0.1) is 0 Å². The summed E-state index contributed by atoms with van der Waals surface area (Å²) in [7, 11) is 0. The van der Waals surface area contributed by atoms with Crippen molar-refractivity contribution in [2.24, 2.45) is 11.8 Å². The molecule has 6 nitrogen and oxygen atoms in total. The van der Waals surface area contributed by atoms with Crippen LogP contribution in [0.3, 0.4) is 0 Å². The fraction of sp³-hybridized carbons (Fsp3) is 0.407. The van der Waals surface area contributed by atoms with Gasteiger partial charge in [-0.2, -0.15) is 0 Å². The van der Waals surface area contributed by atoms with Crippen molar-refractivity contribution in [3.8, 4) is 0 Å². The van der Waals surface area contributed by atoms with Gasteiger partial charge in [0.2, 0.25) is 5.91 Å². The molecule has 3 aromatic rings. The monoisotopic (exact) mass is 444 g/mol. The minimum absolute atomic E-state index is 0.00129. The van der Waals surface area contributed by atoms with Gasteiger partial charge in [0, 0.05) is 61.8 Å². The summed E-state index contributed by atoms with van der Waals surface area (Å²) in [6.45, 7) is 6.79. The van der Waals surface area contributed by atoms with Gasteiger partial charge in [0.1, 0.15) is 5.69 Å². The Hall–Kier alpha value is -3.28. The second-order valence-corrected chi connectivity index (χ2v) is 9.34. The van der Waals surface area contributed by atoms with E-state index in [0.29, 0.717) is 24.7 Å². The zero-order valence-electron chi connectivity index (χ0n) is 19.2. The van der Waals surface area contributed by atoms with Crippen molar-refractivity contribution < 1.29 is 9.59 Å². The number of anilines is 1. The highest BCUT2D eigenvalue weighted by Crippen LogP contribution is 2.28. The van der Waals surface area contributed by atoms with Crippen LogP contribution >= 0.6 is 0 Å². The van der Waals surface area contributed by atoms with Crippen molar-refractivity contribution in [2.45, 2.75) is 19.8 Å². The molecular weight excluding hydrogens is 412 g/mol. The van der Waals surface area contributed by atoms with Gasteiger partial charge in [0.15, 0.2) is 0 Å². The van der Waals surface area contributed by atoms with Crippen LogP contribution in [-0.4, -0.2) is 65.9 Å². The molecule has 1 atom stereocenters. The lowest BCUT2D eigenvalue weighted by atomic mass is 9.84. The smallest absolute Gasteiger partial charge is 0.270 e. The van der Waals surface area contributed by atoms with E-state index in [4.69, 9.17) is 0 Å². The third kappa shape index (κ3) is 4.47. The van der Waals surface area contributed by atoms with Crippen LogP contribution in [-0.2, 0) is 4.79 Å². The number of carbonyl (C=O) groups is 2. The molecule has 2 fully saturated rings. The number of aromatic amines is 1. The number of fused-ring (bicyclic) bond motifs is 1. The Bertz CT molecular complexity index is 1080. The second-order valence-electron chi connectivity index (χ2n) is 9.34. The minimum Gasteiger partial charge on any atom is -0.368 e. The number of aromatic nitrogens is 1. The second kappa shape index (κ2) is 9.30. The summed E-state index contributed by atoms with van der Waals surface area (Å²) in [6, 6.07) is 20.3. The first-order valence-electron chi connectivity index (χ1n) is 12.1. The Kier molecular flexibility index (Phi) is 6.07. The molecule has 33 heavy (non-hydrogen) atoms.